The van der Waals surface area contributed by atoms with E-state index in [0.717, 1.165) is 15.6 Å². The first kappa shape index (κ1) is 26.7. The van der Waals surface area contributed by atoms with Crippen molar-refractivity contribution >= 4 is 51.7 Å². The zero-order valence-electron chi connectivity index (χ0n) is 17.8. The summed E-state index contributed by atoms with van der Waals surface area (Å²) in [6, 6.07) is 11.4. The van der Waals surface area contributed by atoms with Gasteiger partial charge in [-0.05, 0) is 68.6 Å². The highest BCUT2D eigenvalue weighted by atomic mass is 79.9. The number of halogens is 3. The van der Waals surface area contributed by atoms with Crippen molar-refractivity contribution in [1.29, 1.82) is 0 Å². The first-order chi connectivity index (χ1) is 15.5. The van der Waals surface area contributed by atoms with Crippen LogP contribution in [0.1, 0.15) is 28.5 Å². The molecule has 33 heavy (non-hydrogen) atoms. The molecule has 0 atom stereocenters. The van der Waals surface area contributed by atoms with Gasteiger partial charge in [-0.25, -0.2) is 4.63 Å². The number of amides is 1. The molecule has 3 rings (SSSR count). The first-order valence-electron chi connectivity index (χ1n) is 9.87. The lowest BCUT2D eigenvalue weighted by atomic mass is 10.2. The summed E-state index contributed by atoms with van der Waals surface area (Å²) in [5.41, 5.74) is 7.47. The summed E-state index contributed by atoms with van der Waals surface area (Å²) in [7, 11) is 0. The van der Waals surface area contributed by atoms with Gasteiger partial charge in [-0.3, -0.25) is 4.79 Å². The molecule has 0 radical (unpaired) electrons. The lowest BCUT2D eigenvalue weighted by molar-refractivity contribution is 0.0944. The van der Waals surface area contributed by atoms with Crippen LogP contribution in [0.4, 0.5) is 5.82 Å². The predicted molar refractivity (Wildman–Crippen MR) is 131 cm³/mol. The minimum absolute atomic E-state index is 0. The highest BCUT2D eigenvalue weighted by Gasteiger charge is 2.15. The van der Waals surface area contributed by atoms with Gasteiger partial charge in [-0.15, -0.1) is 12.4 Å². The zero-order chi connectivity index (χ0) is 22.9. The van der Waals surface area contributed by atoms with E-state index in [4.69, 9.17) is 26.8 Å². The van der Waals surface area contributed by atoms with Crippen LogP contribution >= 0.6 is 39.9 Å². The Kier molecular flexibility index (Phi) is 10.7. The topological polar surface area (TPSA) is 125 Å². The molecule has 9 nitrogen and oxygen atoms in total. The van der Waals surface area contributed by atoms with Crippen molar-refractivity contribution in [1.82, 2.24) is 20.9 Å². The number of carbonyl (C=O) groups is 1. The van der Waals surface area contributed by atoms with Crippen molar-refractivity contribution < 1.29 is 18.9 Å². The molecule has 0 aliphatic rings. The molecule has 0 saturated carbocycles. The van der Waals surface area contributed by atoms with Crippen molar-refractivity contribution in [3.8, 4) is 11.5 Å². The third-order valence-corrected chi connectivity index (χ3v) is 5.15. The summed E-state index contributed by atoms with van der Waals surface area (Å²) in [6.07, 6.45) is 0. The maximum absolute atomic E-state index is 11.9. The standard InChI is InChI=1S/C21H23BrClN5O4.ClH/c1-2-30-17-10-14(11-25-7-8-26-21(29)18-20(24)28-32-27-18)9-16(22)19(17)31-12-13-3-5-15(23)6-4-13;/h3-6,9-10,25H,2,7-8,11-12H2,1H3,(H2,24,28)(H,26,29);1H. The van der Waals surface area contributed by atoms with Gasteiger partial charge in [0.1, 0.15) is 6.61 Å². The highest BCUT2D eigenvalue weighted by molar-refractivity contribution is 9.10. The van der Waals surface area contributed by atoms with E-state index < -0.39 is 5.91 Å². The zero-order valence-corrected chi connectivity index (χ0v) is 20.9. The first-order valence-corrected chi connectivity index (χ1v) is 11.0. The van der Waals surface area contributed by atoms with Crippen molar-refractivity contribution in [2.45, 2.75) is 20.1 Å². The number of hydrogen-bond acceptors (Lipinski definition) is 8. The molecule has 0 bridgehead atoms. The van der Waals surface area contributed by atoms with Gasteiger partial charge in [0.05, 0.1) is 11.1 Å². The molecule has 0 fully saturated rings. The summed E-state index contributed by atoms with van der Waals surface area (Å²) < 4.78 is 17.0. The highest BCUT2D eigenvalue weighted by Crippen LogP contribution is 2.37. The molecule has 0 spiro atoms. The van der Waals surface area contributed by atoms with Crippen LogP contribution in [0.15, 0.2) is 45.5 Å². The third-order valence-electron chi connectivity index (χ3n) is 4.31. The number of ether oxygens (including phenoxy) is 2. The van der Waals surface area contributed by atoms with Crippen molar-refractivity contribution in [2.75, 3.05) is 25.4 Å². The molecule has 0 aliphatic heterocycles. The molecule has 1 amide bonds. The van der Waals surface area contributed by atoms with E-state index in [-0.39, 0.29) is 23.9 Å². The molecule has 1 heterocycles. The van der Waals surface area contributed by atoms with Crippen LogP contribution in [0.3, 0.4) is 0 Å². The van der Waals surface area contributed by atoms with E-state index in [9.17, 15) is 4.79 Å². The van der Waals surface area contributed by atoms with E-state index >= 15 is 0 Å². The van der Waals surface area contributed by atoms with E-state index in [1.54, 1.807) is 0 Å². The van der Waals surface area contributed by atoms with Crippen molar-refractivity contribution in [3.63, 3.8) is 0 Å². The number of aromatic nitrogens is 2. The second-order valence-electron chi connectivity index (χ2n) is 6.68. The van der Waals surface area contributed by atoms with Crippen molar-refractivity contribution in [2.24, 2.45) is 0 Å². The third kappa shape index (κ3) is 7.78. The Labute approximate surface area is 210 Å². The predicted octanol–water partition coefficient (Wildman–Crippen LogP) is 3.99. The van der Waals surface area contributed by atoms with E-state index in [1.807, 2.05) is 43.3 Å². The average molecular weight is 561 g/mol. The Hall–Kier alpha value is -2.53. The lowest BCUT2D eigenvalue weighted by Crippen LogP contribution is -2.32. The fourth-order valence-electron chi connectivity index (χ4n) is 2.80. The normalized spacial score (nSPS) is 10.4. The van der Waals surface area contributed by atoms with Crippen LogP contribution in [-0.2, 0) is 13.2 Å². The SMILES string of the molecule is CCOc1cc(CNCCNC(=O)c2nonc2N)cc(Br)c1OCc1ccc(Cl)cc1.Cl. The maximum Gasteiger partial charge on any atom is 0.277 e. The summed E-state index contributed by atoms with van der Waals surface area (Å²) in [6.45, 7) is 4.30. The number of anilines is 1. The van der Waals surface area contributed by atoms with Gasteiger partial charge >= 0.3 is 0 Å². The van der Waals surface area contributed by atoms with Crippen LogP contribution in [0.2, 0.25) is 5.02 Å². The quantitative estimate of drug-likeness (QED) is 0.301. The number of benzene rings is 2. The molecule has 3 aromatic rings. The Bertz CT molecular complexity index is 1050. The maximum atomic E-state index is 11.9. The average Bonchev–Trinajstić information content (AvgIpc) is 3.20. The largest absolute Gasteiger partial charge is 0.490 e. The molecule has 2 aromatic carbocycles. The number of nitrogens with zero attached hydrogens (tertiary/aromatic N) is 2. The number of nitrogen functional groups attached to an aromatic ring is 1. The molecule has 0 saturated heterocycles. The van der Waals surface area contributed by atoms with Gasteiger partial charge < -0.3 is 25.8 Å². The summed E-state index contributed by atoms with van der Waals surface area (Å²) >= 11 is 9.51. The fraction of sp³-hybridized carbons (Fsp3) is 0.286. The number of carbonyl (C=O) groups excluding carboxylic acids is 1. The molecular formula is C21H24BrCl2N5O4. The monoisotopic (exact) mass is 559 g/mol. The van der Waals surface area contributed by atoms with E-state index in [0.29, 0.717) is 49.4 Å². The number of rotatable bonds is 11. The molecule has 12 heteroatoms. The van der Waals surface area contributed by atoms with Crippen LogP contribution in [0, 0.1) is 0 Å². The van der Waals surface area contributed by atoms with Crippen LogP contribution in [0.25, 0.3) is 0 Å². The second kappa shape index (κ2) is 13.2. The minimum Gasteiger partial charge on any atom is -0.490 e. The van der Waals surface area contributed by atoms with E-state index in [2.05, 4.69) is 41.5 Å². The van der Waals surface area contributed by atoms with Gasteiger partial charge in [0.15, 0.2) is 11.5 Å². The van der Waals surface area contributed by atoms with Gasteiger partial charge in [-0.1, -0.05) is 23.7 Å². The Balaban J connectivity index is 0.00000385. The van der Waals surface area contributed by atoms with Crippen molar-refractivity contribution in [3.05, 3.63) is 62.7 Å². The second-order valence-corrected chi connectivity index (χ2v) is 7.97. The number of hydrogen-bond donors (Lipinski definition) is 3. The molecule has 178 valence electrons. The van der Waals surface area contributed by atoms with Crippen LogP contribution in [0.5, 0.6) is 11.5 Å². The van der Waals surface area contributed by atoms with Gasteiger partial charge in [-0.2, -0.15) is 0 Å². The van der Waals surface area contributed by atoms with Gasteiger partial charge in [0, 0.05) is 24.7 Å². The molecule has 0 unspecified atom stereocenters. The summed E-state index contributed by atoms with van der Waals surface area (Å²) in [5.74, 6) is 0.808. The lowest BCUT2D eigenvalue weighted by Gasteiger charge is -2.16. The van der Waals surface area contributed by atoms with E-state index in [1.165, 1.54) is 0 Å². The molecule has 1 aromatic heterocycles. The molecule has 0 aliphatic carbocycles. The van der Waals surface area contributed by atoms with Gasteiger partial charge in [0.2, 0.25) is 11.5 Å². The van der Waals surface area contributed by atoms with Crippen LogP contribution < -0.4 is 25.8 Å². The Morgan fingerprint density at radius 2 is 1.91 bits per heavy atom. The number of nitrogens with one attached hydrogen (secondary N) is 2. The fourth-order valence-corrected chi connectivity index (χ4v) is 3.53. The summed E-state index contributed by atoms with van der Waals surface area (Å²) in [5, 5.41) is 13.5. The Morgan fingerprint density at radius 3 is 2.58 bits per heavy atom. The smallest absolute Gasteiger partial charge is 0.277 e. The Morgan fingerprint density at radius 1 is 1.15 bits per heavy atom. The summed E-state index contributed by atoms with van der Waals surface area (Å²) in [4.78, 5) is 11.9. The minimum atomic E-state index is -0.436. The molecule has 4 N–H and O–H groups in total. The molecular weight excluding hydrogens is 537 g/mol. The number of nitrogens with two attached hydrogens (primary N) is 1. The van der Waals surface area contributed by atoms with Gasteiger partial charge in [0.25, 0.3) is 5.91 Å². The van der Waals surface area contributed by atoms with Crippen LogP contribution in [-0.4, -0.2) is 35.9 Å².